The van der Waals surface area contributed by atoms with Gasteiger partial charge in [-0.15, -0.1) is 0 Å². The molecule has 150 valence electrons. The van der Waals surface area contributed by atoms with Crippen molar-refractivity contribution in [3.8, 4) is 6.07 Å². The van der Waals surface area contributed by atoms with Crippen molar-refractivity contribution in [2.24, 2.45) is 5.92 Å². The second-order valence-corrected chi connectivity index (χ2v) is 9.45. The van der Waals surface area contributed by atoms with Gasteiger partial charge in [0.25, 0.3) is 0 Å². The standard InChI is InChI=1S/C21H23N5O2S/c1-15-9-12-26(29(27,28)17-5-3-16(13-22)4-6-17)14-20(15)25(2)19-8-11-24-21-18(19)7-10-23-21/h3-8,10-11,15,20H,9,12,14H2,1-2H3,(H,23,24)/t15-,20+/m1/s1. The lowest BCUT2D eigenvalue weighted by atomic mass is 9.93. The Kier molecular flexibility index (Phi) is 5.03. The van der Waals surface area contributed by atoms with E-state index in [1.807, 2.05) is 31.4 Å². The average molecular weight is 410 g/mol. The molecule has 1 fully saturated rings. The molecule has 0 radical (unpaired) electrons. The van der Waals surface area contributed by atoms with Crippen molar-refractivity contribution >= 4 is 26.7 Å². The van der Waals surface area contributed by atoms with Crippen molar-refractivity contribution in [3.63, 3.8) is 0 Å². The smallest absolute Gasteiger partial charge is 0.243 e. The van der Waals surface area contributed by atoms with Gasteiger partial charge in [0, 0.05) is 49.6 Å². The van der Waals surface area contributed by atoms with Crippen molar-refractivity contribution in [1.82, 2.24) is 14.3 Å². The Hall–Kier alpha value is -2.89. The molecule has 29 heavy (non-hydrogen) atoms. The first kappa shape index (κ1) is 19.4. The molecule has 7 nitrogen and oxygen atoms in total. The van der Waals surface area contributed by atoms with E-state index in [1.54, 1.807) is 22.6 Å². The van der Waals surface area contributed by atoms with E-state index in [4.69, 9.17) is 5.26 Å². The SMILES string of the molecule is C[C@@H]1CCN(S(=O)(=O)c2ccc(C#N)cc2)C[C@@H]1N(C)c1ccnc2[nH]ccc12. The predicted octanol–water partition coefficient (Wildman–Crippen LogP) is 2.97. The minimum absolute atomic E-state index is 0.0393. The number of H-pyrrole nitrogens is 1. The minimum atomic E-state index is -3.61. The number of hydrogen-bond donors (Lipinski definition) is 1. The number of aromatic amines is 1. The molecule has 3 aromatic rings. The third-order valence-corrected chi connectivity index (χ3v) is 7.70. The lowest BCUT2D eigenvalue weighted by Crippen LogP contribution is -2.52. The highest BCUT2D eigenvalue weighted by molar-refractivity contribution is 7.89. The van der Waals surface area contributed by atoms with Gasteiger partial charge in [-0.25, -0.2) is 13.4 Å². The number of nitrogens with zero attached hydrogens (tertiary/aromatic N) is 4. The Bertz CT molecular complexity index is 1160. The molecule has 0 aliphatic carbocycles. The van der Waals surface area contributed by atoms with Crippen LogP contribution in [0.1, 0.15) is 18.9 Å². The number of likely N-dealkylation sites (N-methyl/N-ethyl adjacent to an activating group) is 1. The van der Waals surface area contributed by atoms with E-state index in [-0.39, 0.29) is 10.9 Å². The fourth-order valence-corrected chi connectivity index (χ4v) is 5.50. The van der Waals surface area contributed by atoms with Gasteiger partial charge in [-0.3, -0.25) is 0 Å². The molecule has 1 N–H and O–H groups in total. The molecule has 1 aromatic carbocycles. The fraction of sp³-hybridized carbons (Fsp3) is 0.333. The highest BCUT2D eigenvalue weighted by Gasteiger charge is 2.36. The molecule has 4 rings (SSSR count). The third-order valence-electron chi connectivity index (χ3n) is 5.82. The highest BCUT2D eigenvalue weighted by Crippen LogP contribution is 2.32. The molecule has 3 heterocycles. The number of nitriles is 1. The summed E-state index contributed by atoms with van der Waals surface area (Å²) >= 11 is 0. The van der Waals surface area contributed by atoms with Crippen LogP contribution in [0.5, 0.6) is 0 Å². The maximum absolute atomic E-state index is 13.2. The van der Waals surface area contributed by atoms with Crippen LogP contribution >= 0.6 is 0 Å². The van der Waals surface area contributed by atoms with Crippen molar-refractivity contribution in [2.45, 2.75) is 24.3 Å². The number of rotatable bonds is 4. The number of aromatic nitrogens is 2. The zero-order valence-electron chi connectivity index (χ0n) is 16.4. The zero-order valence-corrected chi connectivity index (χ0v) is 17.2. The van der Waals surface area contributed by atoms with Crippen LogP contribution in [0.25, 0.3) is 11.0 Å². The molecule has 0 unspecified atom stereocenters. The molecule has 2 aromatic heterocycles. The molecular formula is C21H23N5O2S. The van der Waals surface area contributed by atoms with Gasteiger partial charge >= 0.3 is 0 Å². The summed E-state index contributed by atoms with van der Waals surface area (Å²) in [5.41, 5.74) is 2.30. The Balaban J connectivity index is 1.62. The number of nitrogens with one attached hydrogen (secondary N) is 1. The van der Waals surface area contributed by atoms with Gasteiger partial charge in [-0.2, -0.15) is 9.57 Å². The predicted molar refractivity (Wildman–Crippen MR) is 112 cm³/mol. The normalized spacial score (nSPS) is 20.4. The van der Waals surface area contributed by atoms with E-state index in [1.165, 1.54) is 12.1 Å². The molecule has 1 aliphatic rings. The van der Waals surface area contributed by atoms with Crippen molar-refractivity contribution in [2.75, 3.05) is 25.0 Å². The zero-order chi connectivity index (χ0) is 20.6. The average Bonchev–Trinajstić information content (AvgIpc) is 3.22. The van der Waals surface area contributed by atoms with Gasteiger partial charge in [0.05, 0.1) is 16.5 Å². The summed E-state index contributed by atoms with van der Waals surface area (Å²) in [6.07, 6.45) is 4.41. The fourth-order valence-electron chi connectivity index (χ4n) is 4.03. The van der Waals surface area contributed by atoms with Crippen LogP contribution in [-0.4, -0.2) is 48.9 Å². The van der Waals surface area contributed by atoms with Gasteiger partial charge in [-0.05, 0) is 48.7 Å². The van der Waals surface area contributed by atoms with Crippen LogP contribution in [0.4, 0.5) is 5.69 Å². The van der Waals surface area contributed by atoms with Crippen LogP contribution in [-0.2, 0) is 10.0 Å². The van der Waals surface area contributed by atoms with Crippen LogP contribution in [0.2, 0.25) is 0 Å². The maximum Gasteiger partial charge on any atom is 0.243 e. The number of hydrogen-bond acceptors (Lipinski definition) is 5. The molecule has 0 bridgehead atoms. The summed E-state index contributed by atoms with van der Waals surface area (Å²) in [5, 5.41) is 9.97. The lowest BCUT2D eigenvalue weighted by molar-refractivity contribution is 0.248. The first-order valence-electron chi connectivity index (χ1n) is 9.57. The molecular weight excluding hydrogens is 386 g/mol. The van der Waals surface area contributed by atoms with E-state index >= 15 is 0 Å². The number of piperidine rings is 1. The number of pyridine rings is 1. The molecule has 2 atom stereocenters. The summed E-state index contributed by atoms with van der Waals surface area (Å²) in [4.78, 5) is 9.87. The van der Waals surface area contributed by atoms with Gasteiger partial charge in [0.1, 0.15) is 5.65 Å². The minimum Gasteiger partial charge on any atom is -0.369 e. The molecule has 0 amide bonds. The lowest BCUT2D eigenvalue weighted by Gasteiger charge is -2.42. The Morgan fingerprint density at radius 1 is 1.24 bits per heavy atom. The largest absolute Gasteiger partial charge is 0.369 e. The van der Waals surface area contributed by atoms with Gasteiger partial charge in [0.2, 0.25) is 10.0 Å². The topological polar surface area (TPSA) is 93.1 Å². The van der Waals surface area contributed by atoms with Crippen LogP contribution in [0.3, 0.4) is 0 Å². The van der Waals surface area contributed by atoms with Crippen molar-refractivity contribution in [1.29, 1.82) is 5.26 Å². The first-order valence-corrected chi connectivity index (χ1v) is 11.0. The monoisotopic (exact) mass is 409 g/mol. The first-order chi connectivity index (χ1) is 13.9. The summed E-state index contributed by atoms with van der Waals surface area (Å²) in [7, 11) is -1.60. The Morgan fingerprint density at radius 2 is 2.00 bits per heavy atom. The summed E-state index contributed by atoms with van der Waals surface area (Å²) in [5.74, 6) is 0.342. The van der Waals surface area contributed by atoms with E-state index in [0.29, 0.717) is 24.6 Å². The van der Waals surface area contributed by atoms with E-state index in [2.05, 4.69) is 21.8 Å². The Morgan fingerprint density at radius 3 is 2.72 bits per heavy atom. The third kappa shape index (κ3) is 3.48. The molecule has 1 saturated heterocycles. The summed E-state index contributed by atoms with van der Waals surface area (Å²) < 4.78 is 27.9. The van der Waals surface area contributed by atoms with Gasteiger partial charge < -0.3 is 9.88 Å². The van der Waals surface area contributed by atoms with Crippen molar-refractivity contribution < 1.29 is 8.42 Å². The van der Waals surface area contributed by atoms with E-state index < -0.39 is 10.0 Å². The quantitative estimate of drug-likeness (QED) is 0.715. The van der Waals surface area contributed by atoms with Crippen LogP contribution in [0, 0.1) is 17.2 Å². The molecule has 1 aliphatic heterocycles. The van der Waals surface area contributed by atoms with Crippen LogP contribution < -0.4 is 4.90 Å². The number of anilines is 1. The number of sulfonamides is 1. The molecule has 0 saturated carbocycles. The molecule has 8 heteroatoms. The highest BCUT2D eigenvalue weighted by atomic mass is 32.2. The second-order valence-electron chi connectivity index (χ2n) is 7.51. The number of fused-ring (bicyclic) bond motifs is 1. The van der Waals surface area contributed by atoms with E-state index in [0.717, 1.165) is 23.1 Å². The van der Waals surface area contributed by atoms with E-state index in [9.17, 15) is 8.42 Å². The van der Waals surface area contributed by atoms with Crippen molar-refractivity contribution in [3.05, 3.63) is 54.4 Å². The Labute approximate surface area is 170 Å². The second kappa shape index (κ2) is 7.50. The van der Waals surface area contributed by atoms with Gasteiger partial charge in [-0.1, -0.05) is 6.92 Å². The summed E-state index contributed by atoms with van der Waals surface area (Å²) in [6, 6.07) is 12.1. The van der Waals surface area contributed by atoms with Crippen LogP contribution in [0.15, 0.2) is 53.7 Å². The van der Waals surface area contributed by atoms with Gasteiger partial charge in [0.15, 0.2) is 0 Å². The summed E-state index contributed by atoms with van der Waals surface area (Å²) in [6.45, 7) is 3.07. The number of benzene rings is 1. The molecule has 0 spiro atoms. The maximum atomic E-state index is 13.2.